The second-order valence-corrected chi connectivity index (χ2v) is 4.30. The minimum absolute atomic E-state index is 0. The molecule has 2 aromatic heterocycles. The van der Waals surface area contributed by atoms with Gasteiger partial charge in [0.15, 0.2) is 24.4 Å². The molecule has 22 heavy (non-hydrogen) atoms. The topological polar surface area (TPSA) is 57.4 Å². The molecule has 0 atom stereocenters. The van der Waals surface area contributed by atoms with E-state index >= 15 is 0 Å². The summed E-state index contributed by atoms with van der Waals surface area (Å²) in [5.74, 6) is 0.108. The maximum Gasteiger partial charge on any atom is 0.226 e. The maximum absolute atomic E-state index is 10.8. The lowest BCUT2D eigenvalue weighted by atomic mass is 10.2. The number of hydrogen-bond acceptors (Lipinski definition) is 3. The van der Waals surface area contributed by atoms with Gasteiger partial charge in [-0.05, 0) is 19.1 Å². The summed E-state index contributed by atoms with van der Waals surface area (Å²) in [5, 5.41) is 11.1. The number of nitrogens with zero attached hydrogens (tertiary/aromatic N) is 3. The first-order valence-electron chi connectivity index (χ1n) is 6.13. The summed E-state index contributed by atoms with van der Waals surface area (Å²) in [4.78, 5) is 10.8. The highest BCUT2D eigenvalue weighted by Crippen LogP contribution is 1.93. The second-order valence-electron chi connectivity index (χ2n) is 4.30. The highest BCUT2D eigenvalue weighted by Gasteiger charge is 2.01. The van der Waals surface area contributed by atoms with Crippen molar-refractivity contribution in [2.75, 3.05) is 0 Å². The van der Waals surface area contributed by atoms with Crippen molar-refractivity contribution in [3.63, 3.8) is 0 Å². The summed E-state index contributed by atoms with van der Waals surface area (Å²) in [6.45, 7) is 1.56. The number of oxime groups is 1. The lowest BCUT2D eigenvalue weighted by Crippen LogP contribution is -3.00. The van der Waals surface area contributed by atoms with E-state index < -0.39 is 0 Å². The molecule has 0 saturated carbocycles. The molecule has 0 unspecified atom stereocenters. The molecule has 2 heterocycles. The van der Waals surface area contributed by atoms with Crippen LogP contribution in [-0.4, -0.2) is 17.2 Å². The Labute approximate surface area is 164 Å². The van der Waals surface area contributed by atoms with Gasteiger partial charge in [0.2, 0.25) is 5.69 Å². The van der Waals surface area contributed by atoms with Crippen molar-refractivity contribution in [2.45, 2.75) is 6.92 Å². The fourth-order valence-electron chi connectivity index (χ4n) is 1.53. The van der Waals surface area contributed by atoms with E-state index in [4.69, 9.17) is 5.21 Å². The SMILES string of the molecule is CC(=O)c1ccc[n+](C)c1.C[n+]1ccccc1C=NO.[I-].[I-]. The Morgan fingerprint density at radius 3 is 2.27 bits per heavy atom. The molecule has 0 saturated heterocycles. The van der Waals surface area contributed by atoms with Gasteiger partial charge in [0.1, 0.15) is 20.3 Å². The van der Waals surface area contributed by atoms with Crippen molar-refractivity contribution in [1.29, 1.82) is 0 Å². The molecule has 7 heteroatoms. The van der Waals surface area contributed by atoms with Gasteiger partial charge in [-0.2, -0.15) is 0 Å². The molecular weight excluding hydrogens is 508 g/mol. The number of aryl methyl sites for hydroxylation is 2. The van der Waals surface area contributed by atoms with Crippen LogP contribution < -0.4 is 57.1 Å². The number of aromatic nitrogens is 2. The largest absolute Gasteiger partial charge is 1.00 e. The van der Waals surface area contributed by atoms with Crippen LogP contribution in [0.4, 0.5) is 0 Å². The van der Waals surface area contributed by atoms with Crippen molar-refractivity contribution >= 4 is 12.0 Å². The van der Waals surface area contributed by atoms with Crippen LogP contribution >= 0.6 is 0 Å². The minimum Gasteiger partial charge on any atom is -1.00 e. The van der Waals surface area contributed by atoms with Gasteiger partial charge in [-0.25, -0.2) is 9.13 Å². The van der Waals surface area contributed by atoms with Crippen molar-refractivity contribution in [1.82, 2.24) is 0 Å². The van der Waals surface area contributed by atoms with Gasteiger partial charge in [-0.15, -0.1) is 0 Å². The van der Waals surface area contributed by atoms with Crippen LogP contribution in [0.15, 0.2) is 54.1 Å². The smallest absolute Gasteiger partial charge is 0.226 e. The van der Waals surface area contributed by atoms with Crippen molar-refractivity contribution in [3.05, 3.63) is 60.2 Å². The molecular formula is C15H19I2N3O2. The first-order valence-corrected chi connectivity index (χ1v) is 6.13. The Bertz CT molecular complexity index is 619. The summed E-state index contributed by atoms with van der Waals surface area (Å²) < 4.78 is 3.72. The quantitative estimate of drug-likeness (QED) is 0.106. The predicted octanol–water partition coefficient (Wildman–Crippen LogP) is -4.96. The standard InChI is InChI=1S/C8H10NO.C7H8N2O.2HI/c1-7(10)8-4-3-5-9(2)6-8;1-9-5-3-2-4-7(9)6-8-10;;/h3-6H,1-2H3;2-6H,1H3;2*1H/q+1;;;/p-1. The van der Waals surface area contributed by atoms with Crippen molar-refractivity contribution in [2.24, 2.45) is 19.3 Å². The normalized spacial score (nSPS) is 9.05. The van der Waals surface area contributed by atoms with Gasteiger partial charge in [-0.1, -0.05) is 5.16 Å². The number of carbonyl (C=O) groups excluding carboxylic acids is 1. The van der Waals surface area contributed by atoms with E-state index in [0.29, 0.717) is 0 Å². The van der Waals surface area contributed by atoms with Crippen LogP contribution in [0, 0.1) is 0 Å². The van der Waals surface area contributed by atoms with Gasteiger partial charge in [0.05, 0.1) is 5.56 Å². The van der Waals surface area contributed by atoms with Gasteiger partial charge < -0.3 is 53.2 Å². The van der Waals surface area contributed by atoms with E-state index in [1.807, 2.05) is 72.2 Å². The van der Waals surface area contributed by atoms with E-state index in [9.17, 15) is 4.79 Å². The summed E-state index contributed by atoms with van der Waals surface area (Å²) in [7, 11) is 3.78. The zero-order valence-electron chi connectivity index (χ0n) is 12.6. The zero-order chi connectivity index (χ0) is 15.0. The molecule has 2 aromatic rings. The zero-order valence-corrected chi connectivity index (χ0v) is 17.0. The van der Waals surface area contributed by atoms with Crippen LogP contribution in [0.2, 0.25) is 0 Å². The van der Waals surface area contributed by atoms with Crippen LogP contribution in [0.1, 0.15) is 23.0 Å². The molecule has 0 bridgehead atoms. The number of carbonyl (C=O) groups is 1. The Morgan fingerprint density at radius 1 is 1.14 bits per heavy atom. The molecule has 0 spiro atoms. The predicted molar refractivity (Wildman–Crippen MR) is 74.6 cm³/mol. The monoisotopic (exact) mass is 527 g/mol. The molecule has 0 aromatic carbocycles. The molecule has 2 rings (SSSR count). The van der Waals surface area contributed by atoms with E-state index in [2.05, 4.69) is 5.16 Å². The van der Waals surface area contributed by atoms with Gasteiger partial charge in [0.25, 0.3) is 0 Å². The number of hydrogen-bond donors (Lipinski definition) is 1. The Hall–Kier alpha value is -1.10. The van der Waals surface area contributed by atoms with Crippen LogP contribution in [0.5, 0.6) is 0 Å². The molecule has 0 aliphatic heterocycles. The van der Waals surface area contributed by atoms with E-state index in [1.165, 1.54) is 6.21 Å². The number of pyridine rings is 2. The highest BCUT2D eigenvalue weighted by atomic mass is 127. The number of Topliss-reactive ketones (excluding diaryl/α,β-unsaturated/α-hetero) is 1. The molecule has 0 fully saturated rings. The lowest BCUT2D eigenvalue weighted by Gasteiger charge is -1.89. The Kier molecular flexibility index (Phi) is 13.1. The van der Waals surface area contributed by atoms with Crippen molar-refractivity contribution in [3.8, 4) is 0 Å². The fourth-order valence-corrected chi connectivity index (χ4v) is 1.53. The molecule has 0 radical (unpaired) electrons. The van der Waals surface area contributed by atoms with Crippen LogP contribution in [0.3, 0.4) is 0 Å². The fraction of sp³-hybridized carbons (Fsp3) is 0.200. The van der Waals surface area contributed by atoms with Gasteiger partial charge in [0, 0.05) is 18.2 Å². The third-order valence-corrected chi connectivity index (χ3v) is 2.63. The third kappa shape index (κ3) is 8.37. The first-order chi connectivity index (χ1) is 9.54. The first kappa shape index (κ1) is 23.2. The highest BCUT2D eigenvalue weighted by molar-refractivity contribution is 5.93. The van der Waals surface area contributed by atoms with Crippen molar-refractivity contribution < 1.29 is 67.1 Å². The number of rotatable bonds is 2. The van der Waals surface area contributed by atoms with Gasteiger partial charge in [-0.3, -0.25) is 4.79 Å². The van der Waals surface area contributed by atoms with E-state index in [1.54, 1.807) is 6.92 Å². The Morgan fingerprint density at radius 2 is 1.82 bits per heavy atom. The van der Waals surface area contributed by atoms with Crippen LogP contribution in [0.25, 0.3) is 0 Å². The second kappa shape index (κ2) is 12.4. The molecule has 1 N–H and O–H groups in total. The lowest BCUT2D eigenvalue weighted by molar-refractivity contribution is -0.672. The molecule has 120 valence electrons. The summed E-state index contributed by atoms with van der Waals surface area (Å²) in [6.07, 6.45) is 6.98. The third-order valence-electron chi connectivity index (χ3n) is 2.63. The molecule has 0 aliphatic carbocycles. The summed E-state index contributed by atoms with van der Waals surface area (Å²) in [5.41, 5.74) is 1.62. The minimum atomic E-state index is 0. The Balaban J connectivity index is 0. The average molecular weight is 527 g/mol. The maximum atomic E-state index is 10.8. The molecule has 5 nitrogen and oxygen atoms in total. The number of ketones is 1. The van der Waals surface area contributed by atoms with Gasteiger partial charge >= 0.3 is 0 Å². The van der Waals surface area contributed by atoms with E-state index in [0.717, 1.165) is 11.3 Å². The van der Waals surface area contributed by atoms with E-state index in [-0.39, 0.29) is 53.7 Å². The molecule has 0 amide bonds. The average Bonchev–Trinajstić information content (AvgIpc) is 2.42. The molecule has 0 aliphatic rings. The number of halogens is 2. The van der Waals surface area contributed by atoms with Crippen LogP contribution in [-0.2, 0) is 14.1 Å². The summed E-state index contributed by atoms with van der Waals surface area (Å²) in [6, 6.07) is 9.32. The summed E-state index contributed by atoms with van der Waals surface area (Å²) >= 11 is 0.